The van der Waals surface area contributed by atoms with Gasteiger partial charge in [0.25, 0.3) is 0 Å². The molecule has 0 atom stereocenters. The summed E-state index contributed by atoms with van der Waals surface area (Å²) in [6.45, 7) is 0.285. The average molecular weight is 348 g/mol. The van der Waals surface area contributed by atoms with Crippen molar-refractivity contribution in [3.63, 3.8) is 0 Å². The largest absolute Gasteiger partial charge is 0.477 e. The Morgan fingerprint density at radius 3 is 2.71 bits per heavy atom. The molecule has 0 spiro atoms. The van der Waals surface area contributed by atoms with Gasteiger partial charge in [-0.3, -0.25) is 0 Å². The summed E-state index contributed by atoms with van der Waals surface area (Å²) in [7, 11) is 0. The summed E-state index contributed by atoms with van der Waals surface area (Å²) in [6.07, 6.45) is 0. The smallest absolute Gasteiger partial charge is 0.352 e. The molecular weight excluding hydrogens is 337 g/mol. The van der Waals surface area contributed by atoms with Gasteiger partial charge in [-0.25, -0.2) is 9.18 Å². The summed E-state index contributed by atoms with van der Waals surface area (Å²) in [4.78, 5) is 11.4. The summed E-state index contributed by atoms with van der Waals surface area (Å²) >= 11 is 3.22. The summed E-state index contributed by atoms with van der Waals surface area (Å²) in [6, 6.07) is 13.8. The SMILES string of the molecule is O=C(O)c1cc2ccccc2n1Cc1cccc(F)c1Br. The fourth-order valence-electron chi connectivity index (χ4n) is 2.40. The van der Waals surface area contributed by atoms with Gasteiger partial charge in [0.05, 0.1) is 4.47 Å². The van der Waals surface area contributed by atoms with Crippen LogP contribution in [-0.4, -0.2) is 15.6 Å². The maximum atomic E-state index is 13.6. The van der Waals surface area contributed by atoms with E-state index in [9.17, 15) is 14.3 Å². The molecule has 0 amide bonds. The minimum Gasteiger partial charge on any atom is -0.477 e. The number of para-hydroxylation sites is 1. The number of fused-ring (bicyclic) bond motifs is 1. The normalized spacial score (nSPS) is 11.0. The van der Waals surface area contributed by atoms with Crippen molar-refractivity contribution in [1.29, 1.82) is 0 Å². The second kappa shape index (κ2) is 5.33. The van der Waals surface area contributed by atoms with Crippen LogP contribution in [0, 0.1) is 5.82 Å². The Labute approximate surface area is 128 Å². The van der Waals surface area contributed by atoms with Crippen LogP contribution in [0.25, 0.3) is 10.9 Å². The van der Waals surface area contributed by atoms with E-state index in [1.807, 2.05) is 24.3 Å². The molecule has 3 aromatic rings. The first-order chi connectivity index (χ1) is 10.1. The zero-order valence-corrected chi connectivity index (χ0v) is 12.5. The lowest BCUT2D eigenvalue weighted by molar-refractivity contribution is 0.0686. The Bertz CT molecular complexity index is 841. The number of carboxylic acids is 1. The third-order valence-electron chi connectivity index (χ3n) is 3.39. The highest BCUT2D eigenvalue weighted by atomic mass is 79.9. The third kappa shape index (κ3) is 2.45. The molecule has 21 heavy (non-hydrogen) atoms. The van der Waals surface area contributed by atoms with Gasteiger partial charge >= 0.3 is 5.97 Å². The lowest BCUT2D eigenvalue weighted by atomic mass is 10.2. The molecule has 0 bridgehead atoms. The predicted molar refractivity (Wildman–Crippen MR) is 82.1 cm³/mol. The second-order valence-corrected chi connectivity index (χ2v) is 5.49. The first-order valence-corrected chi connectivity index (χ1v) is 7.11. The van der Waals surface area contributed by atoms with E-state index in [-0.39, 0.29) is 18.1 Å². The van der Waals surface area contributed by atoms with Gasteiger partial charge < -0.3 is 9.67 Å². The van der Waals surface area contributed by atoms with Gasteiger partial charge in [0, 0.05) is 17.4 Å². The van der Waals surface area contributed by atoms with Crippen LogP contribution in [0.2, 0.25) is 0 Å². The molecule has 0 radical (unpaired) electrons. The minimum absolute atomic E-state index is 0.187. The molecule has 1 aromatic heterocycles. The van der Waals surface area contributed by atoms with Crippen molar-refractivity contribution in [2.45, 2.75) is 6.54 Å². The number of carboxylic acid groups (broad SMARTS) is 1. The number of aromatic nitrogens is 1. The molecular formula is C16H11BrFNO2. The van der Waals surface area contributed by atoms with E-state index in [1.54, 1.807) is 22.8 Å². The fraction of sp³-hybridized carbons (Fsp3) is 0.0625. The second-order valence-electron chi connectivity index (χ2n) is 4.69. The zero-order valence-electron chi connectivity index (χ0n) is 10.9. The molecule has 5 heteroatoms. The first-order valence-electron chi connectivity index (χ1n) is 6.32. The van der Waals surface area contributed by atoms with Crippen molar-refractivity contribution in [2.75, 3.05) is 0 Å². The Kier molecular flexibility index (Phi) is 3.51. The molecule has 3 rings (SSSR count). The van der Waals surface area contributed by atoms with E-state index in [1.165, 1.54) is 6.07 Å². The molecule has 1 N–H and O–H groups in total. The third-order valence-corrected chi connectivity index (χ3v) is 4.28. The van der Waals surface area contributed by atoms with Gasteiger partial charge in [0.1, 0.15) is 11.5 Å². The molecule has 0 fully saturated rings. The Morgan fingerprint density at radius 1 is 1.19 bits per heavy atom. The van der Waals surface area contributed by atoms with Crippen LogP contribution in [0.15, 0.2) is 53.0 Å². The van der Waals surface area contributed by atoms with Crippen molar-refractivity contribution in [3.05, 3.63) is 70.1 Å². The standard InChI is InChI=1S/C16H11BrFNO2/c17-15-11(5-3-6-12(15)18)9-19-13-7-2-1-4-10(13)8-14(19)16(20)21/h1-8H,9H2,(H,20,21). The van der Waals surface area contributed by atoms with Crippen molar-refractivity contribution in [2.24, 2.45) is 0 Å². The molecule has 0 unspecified atom stereocenters. The van der Waals surface area contributed by atoms with Gasteiger partial charge in [-0.05, 0) is 39.7 Å². The van der Waals surface area contributed by atoms with Crippen LogP contribution < -0.4 is 0 Å². The van der Waals surface area contributed by atoms with E-state index in [0.29, 0.717) is 10.0 Å². The quantitative estimate of drug-likeness (QED) is 0.767. The molecule has 0 saturated carbocycles. The summed E-state index contributed by atoms with van der Waals surface area (Å²) in [5.41, 5.74) is 1.69. The number of halogens is 2. The average Bonchev–Trinajstić information content (AvgIpc) is 2.83. The number of benzene rings is 2. The Balaban J connectivity index is 2.17. The van der Waals surface area contributed by atoms with Crippen molar-refractivity contribution in [1.82, 2.24) is 4.57 Å². The molecule has 0 aliphatic rings. The minimum atomic E-state index is -1.00. The number of rotatable bonds is 3. The monoisotopic (exact) mass is 347 g/mol. The Morgan fingerprint density at radius 2 is 1.95 bits per heavy atom. The van der Waals surface area contributed by atoms with E-state index in [4.69, 9.17) is 0 Å². The maximum Gasteiger partial charge on any atom is 0.352 e. The number of carbonyl (C=O) groups is 1. The molecule has 0 saturated heterocycles. The van der Waals surface area contributed by atoms with Crippen LogP contribution in [0.1, 0.15) is 16.1 Å². The number of hydrogen-bond acceptors (Lipinski definition) is 1. The molecule has 1 heterocycles. The molecule has 0 aliphatic heterocycles. The van der Waals surface area contributed by atoms with Crippen LogP contribution in [0.4, 0.5) is 4.39 Å². The van der Waals surface area contributed by atoms with Gasteiger partial charge in [0.2, 0.25) is 0 Å². The molecule has 2 aromatic carbocycles. The first kappa shape index (κ1) is 13.8. The molecule has 0 aliphatic carbocycles. The van der Waals surface area contributed by atoms with Gasteiger partial charge in [-0.15, -0.1) is 0 Å². The van der Waals surface area contributed by atoms with Crippen molar-refractivity contribution < 1.29 is 14.3 Å². The van der Waals surface area contributed by atoms with E-state index in [2.05, 4.69) is 15.9 Å². The number of nitrogens with zero attached hydrogens (tertiary/aromatic N) is 1. The van der Waals surface area contributed by atoms with Crippen LogP contribution in [0.3, 0.4) is 0 Å². The lowest BCUT2D eigenvalue weighted by Gasteiger charge is -2.10. The summed E-state index contributed by atoms with van der Waals surface area (Å²) in [5, 5.41) is 10.2. The van der Waals surface area contributed by atoms with Crippen molar-refractivity contribution in [3.8, 4) is 0 Å². The summed E-state index contributed by atoms with van der Waals surface area (Å²) in [5.74, 6) is -1.36. The highest BCUT2D eigenvalue weighted by Crippen LogP contribution is 2.25. The zero-order chi connectivity index (χ0) is 15.0. The number of aromatic carboxylic acids is 1. The predicted octanol–water partition coefficient (Wildman–Crippen LogP) is 4.29. The fourth-order valence-corrected chi connectivity index (χ4v) is 2.79. The van der Waals surface area contributed by atoms with Crippen molar-refractivity contribution >= 4 is 32.8 Å². The molecule has 106 valence electrons. The van der Waals surface area contributed by atoms with Crippen LogP contribution in [-0.2, 0) is 6.54 Å². The van der Waals surface area contributed by atoms with E-state index < -0.39 is 5.97 Å². The lowest BCUT2D eigenvalue weighted by Crippen LogP contribution is -2.09. The number of hydrogen-bond donors (Lipinski definition) is 1. The van der Waals surface area contributed by atoms with Crippen LogP contribution >= 0.6 is 15.9 Å². The van der Waals surface area contributed by atoms with Gasteiger partial charge in [0.15, 0.2) is 0 Å². The van der Waals surface area contributed by atoms with Gasteiger partial charge in [-0.1, -0.05) is 30.3 Å². The van der Waals surface area contributed by atoms with Crippen LogP contribution in [0.5, 0.6) is 0 Å². The van der Waals surface area contributed by atoms with E-state index in [0.717, 1.165) is 10.9 Å². The van der Waals surface area contributed by atoms with E-state index >= 15 is 0 Å². The van der Waals surface area contributed by atoms with Gasteiger partial charge in [-0.2, -0.15) is 0 Å². The Hall–Kier alpha value is -2.14. The topological polar surface area (TPSA) is 42.2 Å². The summed E-state index contributed by atoms with van der Waals surface area (Å²) < 4.78 is 15.6. The highest BCUT2D eigenvalue weighted by molar-refractivity contribution is 9.10. The highest BCUT2D eigenvalue weighted by Gasteiger charge is 2.16. The molecule has 3 nitrogen and oxygen atoms in total. The maximum absolute atomic E-state index is 13.6.